The third kappa shape index (κ3) is 7.29. The van der Waals surface area contributed by atoms with Crippen molar-refractivity contribution in [2.45, 2.75) is 45.3 Å². The number of nitrogens with one attached hydrogen (secondary N) is 1. The first kappa shape index (κ1) is 17.7. The fraction of sp³-hybridized carbons (Fsp3) is 0.857. The molecule has 0 aliphatic carbocycles. The summed E-state index contributed by atoms with van der Waals surface area (Å²) in [6.45, 7) is 8.66. The van der Waals surface area contributed by atoms with Crippen molar-refractivity contribution in [2.24, 2.45) is 0 Å². The molecule has 0 spiro atoms. The molecule has 7 nitrogen and oxygen atoms in total. The lowest BCUT2D eigenvalue weighted by Crippen LogP contribution is -2.55. The van der Waals surface area contributed by atoms with Gasteiger partial charge >= 0.3 is 12.0 Å². The van der Waals surface area contributed by atoms with Gasteiger partial charge in [-0.1, -0.05) is 0 Å². The quantitative estimate of drug-likeness (QED) is 0.658. The third-order valence-electron chi connectivity index (χ3n) is 3.43. The summed E-state index contributed by atoms with van der Waals surface area (Å²) in [5.41, 5.74) is -0.726. The number of β-amino-alcohol motifs (C(OH)–C–C–N with tert-alkyl or cyclic N) is 1. The Kier molecular flexibility index (Phi) is 6.42. The van der Waals surface area contributed by atoms with Crippen molar-refractivity contribution in [3.05, 3.63) is 0 Å². The normalized spacial score (nSPS) is 18.4. The molecule has 1 saturated heterocycles. The van der Waals surface area contributed by atoms with E-state index in [4.69, 9.17) is 5.11 Å². The number of carboxylic acids is 1. The Morgan fingerprint density at radius 3 is 2.29 bits per heavy atom. The van der Waals surface area contributed by atoms with Crippen LogP contribution in [0.2, 0.25) is 0 Å². The van der Waals surface area contributed by atoms with Gasteiger partial charge in [0.25, 0.3) is 0 Å². The van der Waals surface area contributed by atoms with Crippen LogP contribution in [0.3, 0.4) is 0 Å². The molecule has 1 aliphatic heterocycles. The Hall–Kier alpha value is -1.34. The number of amides is 2. The third-order valence-corrected chi connectivity index (χ3v) is 3.43. The van der Waals surface area contributed by atoms with Crippen LogP contribution >= 0.6 is 0 Å². The van der Waals surface area contributed by atoms with E-state index >= 15 is 0 Å². The zero-order chi connectivity index (χ0) is 16.0. The van der Waals surface area contributed by atoms with Crippen molar-refractivity contribution in [1.29, 1.82) is 0 Å². The second-order valence-electron chi connectivity index (χ2n) is 6.36. The van der Waals surface area contributed by atoms with E-state index < -0.39 is 11.6 Å². The van der Waals surface area contributed by atoms with Crippen molar-refractivity contribution in [2.75, 3.05) is 32.7 Å². The number of rotatable bonds is 6. The van der Waals surface area contributed by atoms with E-state index in [9.17, 15) is 14.7 Å². The predicted molar refractivity (Wildman–Crippen MR) is 79.2 cm³/mol. The molecule has 0 aromatic carbocycles. The van der Waals surface area contributed by atoms with E-state index in [-0.39, 0.29) is 18.5 Å². The highest BCUT2D eigenvalue weighted by molar-refractivity contribution is 5.74. The Morgan fingerprint density at radius 1 is 1.24 bits per heavy atom. The molecule has 0 aromatic rings. The highest BCUT2D eigenvalue weighted by atomic mass is 16.4. The molecular weight excluding hydrogens is 274 g/mol. The summed E-state index contributed by atoms with van der Waals surface area (Å²) >= 11 is 0. The number of carboxylic acid groups (broad SMARTS) is 1. The van der Waals surface area contributed by atoms with Crippen molar-refractivity contribution >= 4 is 12.0 Å². The molecular formula is C14H27N3O4. The Balaban J connectivity index is 2.30. The van der Waals surface area contributed by atoms with Crippen LogP contribution in [0.25, 0.3) is 0 Å². The zero-order valence-corrected chi connectivity index (χ0v) is 13.1. The zero-order valence-electron chi connectivity index (χ0n) is 13.1. The van der Waals surface area contributed by atoms with E-state index in [1.165, 1.54) is 0 Å². The van der Waals surface area contributed by atoms with Gasteiger partial charge < -0.3 is 20.4 Å². The van der Waals surface area contributed by atoms with Crippen LogP contribution in [0.1, 0.15) is 33.6 Å². The van der Waals surface area contributed by atoms with E-state index in [0.717, 1.165) is 13.1 Å². The number of nitrogens with zero attached hydrogens (tertiary/aromatic N) is 2. The molecule has 0 saturated carbocycles. The summed E-state index contributed by atoms with van der Waals surface area (Å²) in [5.74, 6) is -0.851. The van der Waals surface area contributed by atoms with Gasteiger partial charge in [-0.2, -0.15) is 0 Å². The first-order valence-electron chi connectivity index (χ1n) is 7.39. The predicted octanol–water partition coefficient (Wildman–Crippen LogP) is 0.338. The maximum atomic E-state index is 12.0. The topological polar surface area (TPSA) is 93.1 Å². The van der Waals surface area contributed by atoms with Gasteiger partial charge in [0.05, 0.1) is 5.60 Å². The lowest BCUT2D eigenvalue weighted by molar-refractivity contribution is -0.137. The first-order chi connectivity index (χ1) is 9.67. The molecule has 7 heteroatoms. The number of carbonyl (C=O) groups is 2. The smallest absolute Gasteiger partial charge is 0.317 e. The van der Waals surface area contributed by atoms with E-state index in [0.29, 0.717) is 26.1 Å². The monoisotopic (exact) mass is 301 g/mol. The van der Waals surface area contributed by atoms with Gasteiger partial charge in [-0.15, -0.1) is 0 Å². The average molecular weight is 301 g/mol. The minimum atomic E-state index is -0.851. The van der Waals surface area contributed by atoms with Gasteiger partial charge in [0.15, 0.2) is 0 Å². The Bertz CT molecular complexity index is 360. The summed E-state index contributed by atoms with van der Waals surface area (Å²) in [6.07, 6.45) is 0.487. The van der Waals surface area contributed by atoms with Gasteiger partial charge in [0.1, 0.15) is 0 Å². The van der Waals surface area contributed by atoms with Crippen LogP contribution in [0, 0.1) is 0 Å². The van der Waals surface area contributed by atoms with Crippen molar-refractivity contribution < 1.29 is 19.8 Å². The van der Waals surface area contributed by atoms with E-state index in [2.05, 4.69) is 10.2 Å². The van der Waals surface area contributed by atoms with Gasteiger partial charge in [-0.05, 0) is 27.2 Å². The summed E-state index contributed by atoms with van der Waals surface area (Å²) in [4.78, 5) is 26.4. The molecule has 122 valence electrons. The molecule has 1 atom stereocenters. The molecule has 0 radical (unpaired) electrons. The molecule has 2 amide bonds. The highest BCUT2D eigenvalue weighted by Gasteiger charge is 2.25. The van der Waals surface area contributed by atoms with Crippen LogP contribution in [0.5, 0.6) is 0 Å². The highest BCUT2D eigenvalue weighted by Crippen LogP contribution is 2.09. The number of hydrogen-bond donors (Lipinski definition) is 3. The molecule has 3 N–H and O–H groups in total. The lowest BCUT2D eigenvalue weighted by atomic mass is 10.1. The van der Waals surface area contributed by atoms with Crippen LogP contribution in [0.4, 0.5) is 4.79 Å². The van der Waals surface area contributed by atoms with Gasteiger partial charge in [-0.25, -0.2) is 4.79 Å². The maximum Gasteiger partial charge on any atom is 0.317 e. The lowest BCUT2D eigenvalue weighted by Gasteiger charge is -2.37. The fourth-order valence-electron chi connectivity index (χ4n) is 2.37. The van der Waals surface area contributed by atoms with Crippen LogP contribution < -0.4 is 5.32 Å². The van der Waals surface area contributed by atoms with Crippen LogP contribution in [-0.2, 0) is 4.79 Å². The van der Waals surface area contributed by atoms with Crippen LogP contribution in [0.15, 0.2) is 0 Å². The number of aliphatic carboxylic acids is 1. The molecule has 1 unspecified atom stereocenters. The molecule has 1 rings (SSSR count). The Morgan fingerprint density at radius 2 is 1.81 bits per heavy atom. The number of aliphatic hydroxyl groups is 1. The first-order valence-corrected chi connectivity index (χ1v) is 7.39. The van der Waals surface area contributed by atoms with E-state index in [1.54, 1.807) is 18.7 Å². The second kappa shape index (κ2) is 7.61. The standard InChI is InChI=1S/C14H27N3O4/c1-11(4-5-12(18)19)15-13(20)17-8-6-16(7-9-17)10-14(2,3)21/h11,21H,4-10H2,1-3H3,(H,15,20)(H,18,19). The minimum absolute atomic E-state index is 0.0564. The molecule has 1 aliphatic rings. The summed E-state index contributed by atoms with van der Waals surface area (Å²) in [7, 11) is 0. The molecule has 21 heavy (non-hydrogen) atoms. The van der Waals surface area contributed by atoms with Crippen molar-refractivity contribution in [3.8, 4) is 0 Å². The largest absolute Gasteiger partial charge is 0.481 e. The van der Waals surface area contributed by atoms with Gasteiger partial charge in [0, 0.05) is 45.2 Å². The average Bonchev–Trinajstić information content (AvgIpc) is 2.35. The van der Waals surface area contributed by atoms with Gasteiger partial charge in [0.2, 0.25) is 0 Å². The number of hydrogen-bond acceptors (Lipinski definition) is 4. The summed E-state index contributed by atoms with van der Waals surface area (Å²) in [5, 5.41) is 21.2. The SMILES string of the molecule is CC(CCC(=O)O)NC(=O)N1CCN(CC(C)(C)O)CC1. The van der Waals surface area contributed by atoms with Crippen LogP contribution in [-0.4, -0.2) is 76.4 Å². The van der Waals surface area contributed by atoms with E-state index in [1.807, 2.05) is 6.92 Å². The number of piperazine rings is 1. The maximum absolute atomic E-state index is 12.0. The second-order valence-corrected chi connectivity index (χ2v) is 6.36. The summed E-state index contributed by atoms with van der Waals surface area (Å²) in [6, 6.07) is -0.293. The molecule has 1 fully saturated rings. The Labute approximate surface area is 125 Å². The molecule has 0 aromatic heterocycles. The number of carbonyl (C=O) groups excluding carboxylic acids is 1. The molecule has 1 heterocycles. The molecule has 0 bridgehead atoms. The van der Waals surface area contributed by atoms with Crippen molar-refractivity contribution in [1.82, 2.24) is 15.1 Å². The van der Waals surface area contributed by atoms with Gasteiger partial charge in [-0.3, -0.25) is 9.69 Å². The fourth-order valence-corrected chi connectivity index (χ4v) is 2.37. The minimum Gasteiger partial charge on any atom is -0.481 e. The summed E-state index contributed by atoms with van der Waals surface area (Å²) < 4.78 is 0. The van der Waals surface area contributed by atoms with Crippen molar-refractivity contribution in [3.63, 3.8) is 0 Å². The number of urea groups is 1.